The third-order valence-electron chi connectivity index (χ3n) is 5.12. The van der Waals surface area contributed by atoms with Crippen LogP contribution in [0.2, 0.25) is 0 Å². The van der Waals surface area contributed by atoms with E-state index in [2.05, 4.69) is 26.2 Å². The number of imidazole rings is 1. The van der Waals surface area contributed by atoms with E-state index in [0.717, 1.165) is 46.9 Å². The molecule has 0 unspecified atom stereocenters. The van der Waals surface area contributed by atoms with Gasteiger partial charge in [-0.3, -0.25) is 9.36 Å². The number of aryl methyl sites for hydroxylation is 1. The number of aromatic nitrogens is 2. The number of halogens is 1. The Balaban J connectivity index is 1.56. The Labute approximate surface area is 180 Å². The molecule has 0 saturated heterocycles. The predicted molar refractivity (Wildman–Crippen MR) is 115 cm³/mol. The molecule has 0 aliphatic heterocycles. The lowest BCUT2D eigenvalue weighted by molar-refractivity contribution is -0.120. The van der Waals surface area contributed by atoms with Gasteiger partial charge in [-0.1, -0.05) is 0 Å². The van der Waals surface area contributed by atoms with Gasteiger partial charge in [-0.25, -0.2) is 0 Å². The summed E-state index contributed by atoms with van der Waals surface area (Å²) in [7, 11) is 1.96. The molecule has 1 fully saturated rings. The van der Waals surface area contributed by atoms with Crippen LogP contribution in [0.25, 0.3) is 11.0 Å². The number of nitrogens with one attached hydrogen (secondary N) is 1. The predicted octanol–water partition coefficient (Wildman–Crippen LogP) is 3.97. The standard InChI is InChI=1S/C21H30BrN3O4/c1-5-27-18-11-10-17-20(19(18)22)25(4)21(24-17)29-16-8-6-15(7-9-16)28-12-13(2)23-14(3)26/h10-11,13,15-16H,5-9,12H2,1-4H3,(H,23,26)/t13-,15-,16-/m0/s1. The summed E-state index contributed by atoms with van der Waals surface area (Å²) in [4.78, 5) is 15.7. The van der Waals surface area contributed by atoms with Crippen molar-refractivity contribution in [3.8, 4) is 11.8 Å². The van der Waals surface area contributed by atoms with Crippen LogP contribution in [0.1, 0.15) is 46.5 Å². The number of benzene rings is 1. The first-order valence-electron chi connectivity index (χ1n) is 10.2. The molecule has 3 rings (SSSR count). The van der Waals surface area contributed by atoms with Gasteiger partial charge in [0.15, 0.2) is 0 Å². The highest BCUT2D eigenvalue weighted by Crippen LogP contribution is 2.35. The summed E-state index contributed by atoms with van der Waals surface area (Å²) in [6.45, 7) is 6.60. The van der Waals surface area contributed by atoms with E-state index >= 15 is 0 Å². The number of hydrogen-bond donors (Lipinski definition) is 1. The average Bonchev–Trinajstić information content (AvgIpc) is 2.99. The molecule has 1 saturated carbocycles. The number of nitrogens with zero attached hydrogens (tertiary/aromatic N) is 2. The maximum Gasteiger partial charge on any atom is 0.297 e. The number of ether oxygens (including phenoxy) is 3. The van der Waals surface area contributed by atoms with E-state index in [0.29, 0.717) is 19.2 Å². The Hall–Kier alpha value is -1.80. The number of carbonyl (C=O) groups excluding carboxylic acids is 1. The van der Waals surface area contributed by atoms with E-state index in [1.54, 1.807) is 0 Å². The van der Waals surface area contributed by atoms with E-state index in [1.165, 1.54) is 6.92 Å². The largest absolute Gasteiger partial charge is 0.493 e. The van der Waals surface area contributed by atoms with Crippen molar-refractivity contribution in [2.75, 3.05) is 13.2 Å². The van der Waals surface area contributed by atoms with Gasteiger partial charge in [0.25, 0.3) is 6.01 Å². The lowest BCUT2D eigenvalue weighted by atomic mass is 9.95. The van der Waals surface area contributed by atoms with Gasteiger partial charge in [0, 0.05) is 20.0 Å². The molecule has 1 atom stereocenters. The SMILES string of the molecule is CCOc1ccc2nc(O[C@H]3CC[C@H](OC[C@H](C)NC(C)=O)CC3)n(C)c2c1Br. The Morgan fingerprint density at radius 3 is 2.66 bits per heavy atom. The van der Waals surface area contributed by atoms with Gasteiger partial charge in [-0.05, 0) is 67.6 Å². The molecule has 29 heavy (non-hydrogen) atoms. The second kappa shape index (κ2) is 9.80. The van der Waals surface area contributed by atoms with Crippen LogP contribution in [0, 0.1) is 0 Å². The zero-order valence-electron chi connectivity index (χ0n) is 17.5. The second-order valence-corrected chi connectivity index (χ2v) is 8.38. The van der Waals surface area contributed by atoms with Crippen LogP contribution in [0.3, 0.4) is 0 Å². The van der Waals surface area contributed by atoms with Crippen molar-refractivity contribution in [2.45, 2.75) is 64.7 Å². The molecular weight excluding hydrogens is 438 g/mol. The molecule has 7 nitrogen and oxygen atoms in total. The summed E-state index contributed by atoms with van der Waals surface area (Å²) in [5.74, 6) is 0.779. The van der Waals surface area contributed by atoms with E-state index in [4.69, 9.17) is 14.2 Å². The zero-order valence-corrected chi connectivity index (χ0v) is 19.1. The topological polar surface area (TPSA) is 74.6 Å². The van der Waals surface area contributed by atoms with Crippen molar-refractivity contribution in [1.82, 2.24) is 14.9 Å². The smallest absolute Gasteiger partial charge is 0.297 e. The molecule has 0 spiro atoms. The molecule has 1 aromatic carbocycles. The molecule has 1 aromatic heterocycles. The van der Waals surface area contributed by atoms with Crippen LogP contribution in [0.4, 0.5) is 0 Å². The first kappa shape index (κ1) is 21.9. The number of amides is 1. The van der Waals surface area contributed by atoms with Gasteiger partial charge in [-0.15, -0.1) is 0 Å². The zero-order chi connectivity index (χ0) is 21.0. The van der Waals surface area contributed by atoms with Crippen molar-refractivity contribution in [2.24, 2.45) is 7.05 Å². The number of hydrogen-bond acceptors (Lipinski definition) is 5. The van der Waals surface area contributed by atoms with Gasteiger partial charge in [0.1, 0.15) is 11.9 Å². The van der Waals surface area contributed by atoms with Crippen molar-refractivity contribution >= 4 is 32.9 Å². The molecule has 8 heteroatoms. The van der Waals surface area contributed by atoms with Crippen molar-refractivity contribution in [1.29, 1.82) is 0 Å². The summed E-state index contributed by atoms with van der Waals surface area (Å²) in [6.07, 6.45) is 4.08. The molecule has 0 bridgehead atoms. The minimum atomic E-state index is -0.0272. The quantitative estimate of drug-likeness (QED) is 0.635. The van der Waals surface area contributed by atoms with Gasteiger partial charge in [-0.2, -0.15) is 4.98 Å². The summed E-state index contributed by atoms with van der Waals surface area (Å²) < 4.78 is 20.7. The molecule has 2 aromatic rings. The Morgan fingerprint density at radius 2 is 2.00 bits per heavy atom. The fourth-order valence-electron chi connectivity index (χ4n) is 3.73. The fourth-order valence-corrected chi connectivity index (χ4v) is 4.44. The summed E-state index contributed by atoms with van der Waals surface area (Å²) in [5.41, 5.74) is 1.84. The van der Waals surface area contributed by atoms with Crippen LogP contribution >= 0.6 is 15.9 Å². The average molecular weight is 468 g/mol. The highest BCUT2D eigenvalue weighted by atomic mass is 79.9. The van der Waals surface area contributed by atoms with Crippen LogP contribution in [0.15, 0.2) is 16.6 Å². The van der Waals surface area contributed by atoms with Gasteiger partial charge < -0.3 is 19.5 Å². The highest BCUT2D eigenvalue weighted by molar-refractivity contribution is 9.10. The molecule has 0 radical (unpaired) electrons. The highest BCUT2D eigenvalue weighted by Gasteiger charge is 2.25. The van der Waals surface area contributed by atoms with Gasteiger partial charge >= 0.3 is 0 Å². The maximum absolute atomic E-state index is 11.1. The fraction of sp³-hybridized carbons (Fsp3) is 0.619. The summed E-state index contributed by atoms with van der Waals surface area (Å²) >= 11 is 3.64. The van der Waals surface area contributed by atoms with E-state index < -0.39 is 0 Å². The van der Waals surface area contributed by atoms with Crippen LogP contribution < -0.4 is 14.8 Å². The minimum absolute atomic E-state index is 0.0272. The van der Waals surface area contributed by atoms with Crippen LogP contribution in [-0.4, -0.2) is 46.9 Å². The lowest BCUT2D eigenvalue weighted by Crippen LogP contribution is -2.37. The molecular formula is C21H30BrN3O4. The first-order valence-corrected chi connectivity index (χ1v) is 11.0. The maximum atomic E-state index is 11.1. The third-order valence-corrected chi connectivity index (χ3v) is 5.89. The minimum Gasteiger partial charge on any atom is -0.493 e. The monoisotopic (exact) mass is 467 g/mol. The third kappa shape index (κ3) is 5.42. The summed E-state index contributed by atoms with van der Waals surface area (Å²) in [6, 6.07) is 4.54. The van der Waals surface area contributed by atoms with Crippen LogP contribution in [0.5, 0.6) is 11.8 Å². The molecule has 1 N–H and O–H groups in total. The lowest BCUT2D eigenvalue weighted by Gasteiger charge is -2.29. The molecule has 1 aliphatic carbocycles. The molecule has 1 amide bonds. The van der Waals surface area contributed by atoms with E-state index in [1.807, 2.05) is 37.6 Å². The van der Waals surface area contributed by atoms with Crippen molar-refractivity contribution < 1.29 is 19.0 Å². The molecule has 160 valence electrons. The van der Waals surface area contributed by atoms with E-state index in [9.17, 15) is 4.79 Å². The Kier molecular flexibility index (Phi) is 7.40. The summed E-state index contributed by atoms with van der Waals surface area (Å²) in [5, 5.41) is 2.85. The molecule has 1 aliphatic rings. The molecule has 1 heterocycles. The van der Waals surface area contributed by atoms with Gasteiger partial charge in [0.2, 0.25) is 5.91 Å². The normalized spacial score (nSPS) is 20.4. The van der Waals surface area contributed by atoms with E-state index in [-0.39, 0.29) is 24.2 Å². The number of fused-ring (bicyclic) bond motifs is 1. The second-order valence-electron chi connectivity index (χ2n) is 7.58. The number of rotatable bonds is 8. The Bertz CT molecular complexity index is 846. The van der Waals surface area contributed by atoms with Crippen molar-refractivity contribution in [3.05, 3.63) is 16.6 Å². The Morgan fingerprint density at radius 1 is 1.31 bits per heavy atom. The first-order chi connectivity index (χ1) is 13.9. The van der Waals surface area contributed by atoms with Gasteiger partial charge in [0.05, 0.1) is 34.8 Å². The van der Waals surface area contributed by atoms with Crippen LogP contribution in [-0.2, 0) is 16.6 Å². The van der Waals surface area contributed by atoms with Crippen molar-refractivity contribution in [3.63, 3.8) is 0 Å². The number of carbonyl (C=O) groups is 1.